The van der Waals surface area contributed by atoms with Gasteiger partial charge in [0, 0.05) is 6.07 Å². The van der Waals surface area contributed by atoms with E-state index in [0.717, 1.165) is 12.8 Å². The van der Waals surface area contributed by atoms with Gasteiger partial charge in [-0.3, -0.25) is 4.79 Å². The number of hydrogen-bond donors (Lipinski definition) is 3. The molecule has 0 aromatic heterocycles. The van der Waals surface area contributed by atoms with E-state index in [0.29, 0.717) is 16.9 Å². The smallest absolute Gasteiger partial charge is 0.202 e. The maximum atomic E-state index is 13.0. The quantitative estimate of drug-likeness (QED) is 0.565. The van der Waals surface area contributed by atoms with Crippen LogP contribution in [0.3, 0.4) is 0 Å². The van der Waals surface area contributed by atoms with Gasteiger partial charge in [-0.2, -0.15) is 0 Å². The molecule has 174 valence electrons. The number of carbonyl (C=O) groups is 1. The molecule has 0 bridgehead atoms. The predicted molar refractivity (Wildman–Crippen MR) is 123 cm³/mol. The molecule has 2 aliphatic heterocycles. The van der Waals surface area contributed by atoms with Crippen molar-refractivity contribution in [1.29, 1.82) is 0 Å². The number of rotatable bonds is 5. The summed E-state index contributed by atoms with van der Waals surface area (Å²) in [6.45, 7) is 6.05. The standard InChI is InChI=1S/C26H28O7/c1-14(2)6-5-10-26(3)11-9-16-18(33-26)13-20-21(22(16)28)23(29)24(30)25(32-20)15-7-8-17(27)19(12-15)31-4/h6-9,11-13,24-25,27-28,30H,5,10H2,1-4H3. The van der Waals surface area contributed by atoms with Crippen LogP contribution in [0.5, 0.6) is 28.7 Å². The maximum absolute atomic E-state index is 13.0. The SMILES string of the molecule is COc1cc(C2Oc3cc4c(c(O)c3C(=O)C2O)C=CC(C)(CCC=C(C)C)O4)ccc1O. The van der Waals surface area contributed by atoms with Crippen molar-refractivity contribution in [3.63, 3.8) is 0 Å². The van der Waals surface area contributed by atoms with Gasteiger partial charge in [-0.1, -0.05) is 17.7 Å². The van der Waals surface area contributed by atoms with Gasteiger partial charge < -0.3 is 29.5 Å². The number of carbonyl (C=O) groups excluding carboxylic acids is 1. The molecule has 0 fully saturated rings. The first-order chi connectivity index (χ1) is 15.6. The van der Waals surface area contributed by atoms with Crippen molar-refractivity contribution in [2.75, 3.05) is 7.11 Å². The van der Waals surface area contributed by atoms with Crippen LogP contribution in [-0.2, 0) is 0 Å². The van der Waals surface area contributed by atoms with E-state index in [1.54, 1.807) is 18.2 Å². The summed E-state index contributed by atoms with van der Waals surface area (Å²) in [5.74, 6) is -0.289. The number of aliphatic hydroxyl groups excluding tert-OH is 1. The van der Waals surface area contributed by atoms with E-state index in [9.17, 15) is 20.1 Å². The molecule has 3 unspecified atom stereocenters. The van der Waals surface area contributed by atoms with Crippen molar-refractivity contribution >= 4 is 11.9 Å². The number of allylic oxidation sites excluding steroid dienone is 2. The molecule has 0 radical (unpaired) electrons. The van der Waals surface area contributed by atoms with Gasteiger partial charge in [-0.05, 0) is 63.5 Å². The van der Waals surface area contributed by atoms with E-state index >= 15 is 0 Å². The largest absolute Gasteiger partial charge is 0.506 e. The number of aliphatic hydroxyl groups is 1. The summed E-state index contributed by atoms with van der Waals surface area (Å²) < 4.78 is 17.3. The molecule has 4 rings (SSSR count). The van der Waals surface area contributed by atoms with E-state index in [1.807, 2.05) is 26.8 Å². The van der Waals surface area contributed by atoms with Gasteiger partial charge in [0.25, 0.3) is 0 Å². The zero-order valence-corrected chi connectivity index (χ0v) is 19.1. The summed E-state index contributed by atoms with van der Waals surface area (Å²) in [5.41, 5.74) is 1.39. The zero-order valence-electron chi connectivity index (χ0n) is 19.1. The molecule has 33 heavy (non-hydrogen) atoms. The average Bonchev–Trinajstić information content (AvgIpc) is 2.76. The van der Waals surface area contributed by atoms with E-state index in [-0.39, 0.29) is 28.6 Å². The molecule has 2 aromatic carbocycles. The molecule has 2 heterocycles. The number of hydrogen-bond acceptors (Lipinski definition) is 7. The highest BCUT2D eigenvalue weighted by Crippen LogP contribution is 2.48. The Labute approximate surface area is 192 Å². The summed E-state index contributed by atoms with van der Waals surface area (Å²) in [6.07, 6.45) is 4.74. The van der Waals surface area contributed by atoms with Crippen molar-refractivity contribution in [2.24, 2.45) is 0 Å². The molecule has 7 heteroatoms. The Morgan fingerprint density at radius 3 is 2.67 bits per heavy atom. The molecule has 2 aliphatic rings. The van der Waals surface area contributed by atoms with Crippen LogP contribution in [0.2, 0.25) is 0 Å². The number of fused-ring (bicyclic) bond motifs is 2. The number of benzene rings is 2. The molecule has 3 N–H and O–H groups in total. The fraction of sp³-hybridized carbons (Fsp3) is 0.346. The van der Waals surface area contributed by atoms with Crippen LogP contribution in [0.25, 0.3) is 6.08 Å². The third kappa shape index (κ3) is 4.16. The van der Waals surface area contributed by atoms with E-state index in [4.69, 9.17) is 14.2 Å². The first kappa shape index (κ1) is 22.7. The van der Waals surface area contributed by atoms with E-state index in [2.05, 4.69) is 6.08 Å². The van der Waals surface area contributed by atoms with Crippen LogP contribution in [-0.4, -0.2) is 39.9 Å². The Hall–Kier alpha value is -3.45. The molecule has 7 nitrogen and oxygen atoms in total. The topological polar surface area (TPSA) is 105 Å². The minimum absolute atomic E-state index is 0.0717. The second-order valence-electron chi connectivity index (χ2n) is 8.86. The summed E-state index contributed by atoms with van der Waals surface area (Å²) in [5, 5.41) is 31.4. The van der Waals surface area contributed by atoms with Crippen LogP contribution in [0.4, 0.5) is 0 Å². The lowest BCUT2D eigenvalue weighted by Gasteiger charge is -2.35. The molecule has 3 atom stereocenters. The van der Waals surface area contributed by atoms with Crippen molar-refractivity contribution in [1.82, 2.24) is 0 Å². The van der Waals surface area contributed by atoms with Crippen molar-refractivity contribution in [3.05, 3.63) is 58.7 Å². The third-order valence-electron chi connectivity index (χ3n) is 5.99. The number of Topliss-reactive ketones (excluding diaryl/α,β-unsaturated/α-hetero) is 1. The minimum atomic E-state index is -1.54. The minimum Gasteiger partial charge on any atom is -0.506 e. The average molecular weight is 453 g/mol. The highest BCUT2D eigenvalue weighted by molar-refractivity contribution is 6.06. The summed E-state index contributed by atoms with van der Waals surface area (Å²) in [7, 11) is 1.40. The Kier molecular flexibility index (Phi) is 5.84. The lowest BCUT2D eigenvalue weighted by Crippen LogP contribution is -2.37. The van der Waals surface area contributed by atoms with Crippen LogP contribution in [0.1, 0.15) is 61.2 Å². The fourth-order valence-corrected chi connectivity index (χ4v) is 4.15. The first-order valence-electron chi connectivity index (χ1n) is 10.8. The molecular formula is C26H28O7. The molecule has 0 amide bonds. The van der Waals surface area contributed by atoms with Gasteiger partial charge >= 0.3 is 0 Å². The normalized spacial score (nSPS) is 23.1. The van der Waals surface area contributed by atoms with E-state index in [1.165, 1.54) is 24.8 Å². The van der Waals surface area contributed by atoms with Gasteiger partial charge in [0.15, 0.2) is 23.7 Å². The number of aromatic hydroxyl groups is 2. The Balaban J connectivity index is 1.70. The molecule has 0 saturated heterocycles. The van der Waals surface area contributed by atoms with Gasteiger partial charge in [-0.15, -0.1) is 0 Å². The summed E-state index contributed by atoms with van der Waals surface area (Å²) >= 11 is 0. The maximum Gasteiger partial charge on any atom is 0.202 e. The summed E-state index contributed by atoms with van der Waals surface area (Å²) in [4.78, 5) is 13.0. The van der Waals surface area contributed by atoms with Crippen molar-refractivity contribution in [2.45, 2.75) is 51.4 Å². The van der Waals surface area contributed by atoms with Gasteiger partial charge in [0.05, 0.1) is 12.7 Å². The molecule has 0 spiro atoms. The Morgan fingerprint density at radius 2 is 1.97 bits per heavy atom. The predicted octanol–water partition coefficient (Wildman–Crippen LogP) is 4.69. The molecular weight excluding hydrogens is 424 g/mol. The van der Waals surface area contributed by atoms with Crippen LogP contribution in [0.15, 0.2) is 42.0 Å². The number of ketones is 1. The Bertz CT molecular complexity index is 1160. The van der Waals surface area contributed by atoms with Crippen LogP contribution < -0.4 is 14.2 Å². The highest BCUT2D eigenvalue weighted by Gasteiger charge is 2.41. The second-order valence-corrected chi connectivity index (χ2v) is 8.86. The van der Waals surface area contributed by atoms with E-state index < -0.39 is 23.6 Å². The van der Waals surface area contributed by atoms with Gasteiger partial charge in [-0.25, -0.2) is 0 Å². The highest BCUT2D eigenvalue weighted by atomic mass is 16.5. The second kappa shape index (κ2) is 8.48. The number of phenols is 2. The number of phenolic OH excluding ortho intramolecular Hbond substituents is 2. The van der Waals surface area contributed by atoms with Crippen molar-refractivity contribution < 1.29 is 34.3 Å². The summed E-state index contributed by atoms with van der Waals surface area (Å²) in [6, 6.07) is 6.03. The van der Waals surface area contributed by atoms with Gasteiger partial charge in [0.2, 0.25) is 5.78 Å². The zero-order chi connectivity index (χ0) is 23.9. The molecule has 0 aliphatic carbocycles. The fourth-order valence-electron chi connectivity index (χ4n) is 4.15. The number of methoxy groups -OCH3 is 1. The van der Waals surface area contributed by atoms with Gasteiger partial charge in [0.1, 0.15) is 28.4 Å². The lowest BCUT2D eigenvalue weighted by atomic mass is 9.89. The monoisotopic (exact) mass is 452 g/mol. The first-order valence-corrected chi connectivity index (χ1v) is 10.8. The Morgan fingerprint density at radius 1 is 1.21 bits per heavy atom. The van der Waals surface area contributed by atoms with Crippen LogP contribution in [0, 0.1) is 0 Å². The lowest BCUT2D eigenvalue weighted by molar-refractivity contribution is 0.0207. The molecule has 2 aromatic rings. The van der Waals surface area contributed by atoms with Crippen molar-refractivity contribution in [3.8, 4) is 28.7 Å². The number of ether oxygens (including phenoxy) is 3. The van der Waals surface area contributed by atoms with Crippen LogP contribution >= 0.6 is 0 Å². The molecule has 0 saturated carbocycles. The third-order valence-corrected chi connectivity index (χ3v) is 5.99.